The first-order valence-corrected chi connectivity index (χ1v) is 6.81. The number of piperidine rings is 1. The van der Waals surface area contributed by atoms with Gasteiger partial charge in [-0.3, -0.25) is 4.79 Å². The van der Waals surface area contributed by atoms with Gasteiger partial charge in [-0.05, 0) is 50.8 Å². The molecule has 2 atom stereocenters. The summed E-state index contributed by atoms with van der Waals surface area (Å²) in [5.74, 6) is 0.721. The molecule has 2 N–H and O–H groups in total. The summed E-state index contributed by atoms with van der Waals surface area (Å²) in [6, 6.07) is 6.08. The number of carbonyl (C=O) groups excluding carboxylic acids is 1. The molecule has 0 radical (unpaired) electrons. The summed E-state index contributed by atoms with van der Waals surface area (Å²) >= 11 is 0. The number of rotatable bonds is 3. The second kappa shape index (κ2) is 6.06. The molecule has 1 amide bonds. The van der Waals surface area contributed by atoms with Gasteiger partial charge in [0.2, 0.25) is 5.91 Å². The van der Waals surface area contributed by atoms with Crippen molar-refractivity contribution in [2.24, 2.45) is 0 Å². The van der Waals surface area contributed by atoms with E-state index in [1.165, 1.54) is 0 Å². The van der Waals surface area contributed by atoms with Crippen LogP contribution in [0.15, 0.2) is 18.2 Å². The van der Waals surface area contributed by atoms with E-state index in [-0.39, 0.29) is 11.9 Å². The Bertz CT molecular complexity index is 459. The molecule has 19 heavy (non-hydrogen) atoms. The third kappa shape index (κ3) is 3.47. The molecule has 1 heterocycles. The Kier molecular flexibility index (Phi) is 4.43. The minimum atomic E-state index is -0.103. The van der Waals surface area contributed by atoms with E-state index in [2.05, 4.69) is 17.6 Å². The van der Waals surface area contributed by atoms with Crippen molar-refractivity contribution in [3.8, 4) is 5.75 Å². The van der Waals surface area contributed by atoms with Crippen LogP contribution in [-0.2, 0) is 4.79 Å². The van der Waals surface area contributed by atoms with Crippen LogP contribution in [0.3, 0.4) is 0 Å². The first-order valence-electron chi connectivity index (χ1n) is 6.81. The van der Waals surface area contributed by atoms with Gasteiger partial charge in [-0.25, -0.2) is 0 Å². The van der Waals surface area contributed by atoms with Gasteiger partial charge in [-0.1, -0.05) is 6.07 Å². The second-order valence-electron chi connectivity index (χ2n) is 5.24. The highest BCUT2D eigenvalue weighted by molar-refractivity contribution is 5.96. The van der Waals surface area contributed by atoms with Gasteiger partial charge in [0, 0.05) is 6.04 Å². The van der Waals surface area contributed by atoms with Crippen molar-refractivity contribution in [2.75, 3.05) is 12.4 Å². The number of methoxy groups -OCH3 is 1. The van der Waals surface area contributed by atoms with E-state index in [0.717, 1.165) is 30.5 Å². The molecule has 4 heteroatoms. The second-order valence-corrected chi connectivity index (χ2v) is 5.24. The number of amides is 1. The average molecular weight is 262 g/mol. The quantitative estimate of drug-likeness (QED) is 0.880. The molecular weight excluding hydrogens is 240 g/mol. The maximum atomic E-state index is 12.3. The number of carbonyl (C=O) groups is 1. The first-order chi connectivity index (χ1) is 9.10. The van der Waals surface area contributed by atoms with Crippen LogP contribution in [0.25, 0.3) is 0 Å². The zero-order valence-electron chi connectivity index (χ0n) is 11.8. The highest BCUT2D eigenvalue weighted by Gasteiger charge is 2.24. The lowest BCUT2D eigenvalue weighted by molar-refractivity contribution is -0.118. The molecule has 1 aliphatic heterocycles. The van der Waals surface area contributed by atoms with Crippen molar-refractivity contribution in [3.63, 3.8) is 0 Å². The summed E-state index contributed by atoms with van der Waals surface area (Å²) in [5, 5.41) is 6.30. The fraction of sp³-hybridized carbons (Fsp3) is 0.533. The van der Waals surface area contributed by atoms with Crippen LogP contribution >= 0.6 is 0 Å². The largest absolute Gasteiger partial charge is 0.495 e. The Balaban J connectivity index is 2.07. The van der Waals surface area contributed by atoms with Crippen LogP contribution in [0, 0.1) is 6.92 Å². The summed E-state index contributed by atoms with van der Waals surface area (Å²) in [5.41, 5.74) is 1.84. The fourth-order valence-corrected chi connectivity index (χ4v) is 2.48. The molecular formula is C15H22N2O2. The Labute approximate surface area is 114 Å². The highest BCUT2D eigenvalue weighted by Crippen LogP contribution is 2.26. The Morgan fingerprint density at radius 2 is 2.21 bits per heavy atom. The molecule has 1 saturated heterocycles. The van der Waals surface area contributed by atoms with Gasteiger partial charge in [0.15, 0.2) is 0 Å². The molecule has 0 spiro atoms. The van der Waals surface area contributed by atoms with Crippen molar-refractivity contribution >= 4 is 11.6 Å². The van der Waals surface area contributed by atoms with Gasteiger partial charge >= 0.3 is 0 Å². The standard InChI is InChI=1S/C15H22N2O2/c1-10-7-8-14(19-3)13(9-10)17-15(18)12-6-4-5-11(2)16-12/h7-9,11-12,16H,4-6H2,1-3H3,(H,17,18). The van der Waals surface area contributed by atoms with Crippen LogP contribution < -0.4 is 15.4 Å². The van der Waals surface area contributed by atoms with E-state index < -0.39 is 0 Å². The minimum Gasteiger partial charge on any atom is -0.495 e. The maximum Gasteiger partial charge on any atom is 0.241 e. The summed E-state index contributed by atoms with van der Waals surface area (Å²) < 4.78 is 5.27. The zero-order chi connectivity index (χ0) is 13.8. The van der Waals surface area contributed by atoms with Crippen LogP contribution in [0.1, 0.15) is 31.7 Å². The third-order valence-corrected chi connectivity index (χ3v) is 3.54. The van der Waals surface area contributed by atoms with Crippen molar-refractivity contribution in [2.45, 2.75) is 45.2 Å². The maximum absolute atomic E-state index is 12.3. The van der Waals surface area contributed by atoms with Crippen molar-refractivity contribution in [1.82, 2.24) is 5.32 Å². The van der Waals surface area contributed by atoms with E-state index in [9.17, 15) is 4.79 Å². The Hall–Kier alpha value is -1.55. The predicted octanol–water partition coefficient (Wildman–Crippen LogP) is 2.47. The van der Waals surface area contributed by atoms with E-state index in [0.29, 0.717) is 11.8 Å². The zero-order valence-corrected chi connectivity index (χ0v) is 11.8. The number of nitrogens with one attached hydrogen (secondary N) is 2. The SMILES string of the molecule is COc1ccc(C)cc1NC(=O)C1CCCC(C)N1. The Morgan fingerprint density at radius 1 is 1.42 bits per heavy atom. The summed E-state index contributed by atoms with van der Waals surface area (Å²) in [6.07, 6.45) is 3.12. The molecule has 2 unspecified atom stereocenters. The lowest BCUT2D eigenvalue weighted by Gasteiger charge is -2.28. The average Bonchev–Trinajstić information content (AvgIpc) is 2.39. The van der Waals surface area contributed by atoms with Crippen molar-refractivity contribution in [3.05, 3.63) is 23.8 Å². The normalized spacial score (nSPS) is 22.9. The van der Waals surface area contributed by atoms with Crippen LogP contribution in [0.4, 0.5) is 5.69 Å². The van der Waals surface area contributed by atoms with E-state index in [1.54, 1.807) is 7.11 Å². The van der Waals surface area contributed by atoms with Gasteiger partial charge < -0.3 is 15.4 Å². The predicted molar refractivity (Wildman–Crippen MR) is 76.6 cm³/mol. The lowest BCUT2D eigenvalue weighted by Crippen LogP contribution is -2.47. The number of anilines is 1. The molecule has 104 valence electrons. The monoisotopic (exact) mass is 262 g/mol. The number of aryl methyl sites for hydroxylation is 1. The molecule has 4 nitrogen and oxygen atoms in total. The topological polar surface area (TPSA) is 50.4 Å². The van der Waals surface area contributed by atoms with Crippen molar-refractivity contribution < 1.29 is 9.53 Å². The molecule has 2 rings (SSSR count). The Morgan fingerprint density at radius 3 is 2.89 bits per heavy atom. The van der Waals surface area contributed by atoms with Gasteiger partial charge in [0.1, 0.15) is 5.75 Å². The molecule has 1 aromatic carbocycles. The minimum absolute atomic E-state index is 0.0236. The number of hydrogen-bond donors (Lipinski definition) is 2. The third-order valence-electron chi connectivity index (χ3n) is 3.54. The summed E-state index contributed by atoms with van der Waals surface area (Å²) in [6.45, 7) is 4.11. The number of hydrogen-bond acceptors (Lipinski definition) is 3. The first kappa shape index (κ1) is 13.9. The fourth-order valence-electron chi connectivity index (χ4n) is 2.48. The van der Waals surface area contributed by atoms with Gasteiger partial charge in [-0.15, -0.1) is 0 Å². The molecule has 1 fully saturated rings. The van der Waals surface area contributed by atoms with Gasteiger partial charge in [-0.2, -0.15) is 0 Å². The van der Waals surface area contributed by atoms with E-state index >= 15 is 0 Å². The molecule has 1 aromatic rings. The molecule has 0 bridgehead atoms. The van der Waals surface area contributed by atoms with Gasteiger partial charge in [0.05, 0.1) is 18.8 Å². The number of ether oxygens (including phenoxy) is 1. The number of benzene rings is 1. The lowest BCUT2D eigenvalue weighted by atomic mass is 9.99. The molecule has 0 saturated carbocycles. The molecule has 0 aromatic heterocycles. The highest BCUT2D eigenvalue weighted by atomic mass is 16.5. The van der Waals surface area contributed by atoms with Crippen LogP contribution in [0.2, 0.25) is 0 Å². The summed E-state index contributed by atoms with van der Waals surface area (Å²) in [7, 11) is 1.61. The van der Waals surface area contributed by atoms with E-state index in [4.69, 9.17) is 4.74 Å². The van der Waals surface area contributed by atoms with Gasteiger partial charge in [0.25, 0.3) is 0 Å². The summed E-state index contributed by atoms with van der Waals surface area (Å²) in [4.78, 5) is 12.3. The smallest absolute Gasteiger partial charge is 0.241 e. The molecule has 0 aliphatic carbocycles. The van der Waals surface area contributed by atoms with Crippen LogP contribution in [0.5, 0.6) is 5.75 Å². The molecule has 1 aliphatic rings. The van der Waals surface area contributed by atoms with Crippen molar-refractivity contribution in [1.29, 1.82) is 0 Å². The van der Waals surface area contributed by atoms with E-state index in [1.807, 2.05) is 25.1 Å². The van der Waals surface area contributed by atoms with Crippen LogP contribution in [-0.4, -0.2) is 25.1 Å².